The van der Waals surface area contributed by atoms with E-state index in [1.54, 1.807) is 31.4 Å². The zero-order chi connectivity index (χ0) is 16.7. The molecule has 0 heterocycles. The van der Waals surface area contributed by atoms with E-state index in [4.69, 9.17) is 9.47 Å². The summed E-state index contributed by atoms with van der Waals surface area (Å²) in [6.07, 6.45) is 0.0657. The van der Waals surface area contributed by atoms with Crippen LogP contribution in [-0.4, -0.2) is 26.1 Å². The van der Waals surface area contributed by atoms with Crippen molar-refractivity contribution < 1.29 is 19.1 Å². The zero-order valence-electron chi connectivity index (χ0n) is 13.1. The maximum Gasteiger partial charge on any atom is 0.307 e. The number of carbonyl (C=O) groups excluding carboxylic acids is 2. The van der Waals surface area contributed by atoms with Gasteiger partial charge in [0.1, 0.15) is 5.75 Å². The number of hydrogen-bond donors (Lipinski definition) is 1. The quantitative estimate of drug-likeness (QED) is 0.833. The molecule has 0 saturated heterocycles. The van der Waals surface area contributed by atoms with Crippen LogP contribution in [-0.2, 0) is 9.53 Å². The molecule has 0 aliphatic heterocycles. The SMILES string of the molecule is COC(=O)C[C@@H](NC(=O)c1cccc(OC)c1)c1ccccc1. The maximum absolute atomic E-state index is 12.4. The summed E-state index contributed by atoms with van der Waals surface area (Å²) in [5.74, 6) is -0.0617. The summed E-state index contributed by atoms with van der Waals surface area (Å²) in [6, 6.07) is 15.7. The molecular formula is C18H19NO4. The molecule has 0 bridgehead atoms. The van der Waals surface area contributed by atoms with Crippen molar-refractivity contribution in [1.82, 2.24) is 5.32 Å². The van der Waals surface area contributed by atoms with Gasteiger partial charge >= 0.3 is 5.97 Å². The van der Waals surface area contributed by atoms with Gasteiger partial charge in [-0.1, -0.05) is 36.4 Å². The molecule has 120 valence electrons. The van der Waals surface area contributed by atoms with Crippen LogP contribution in [0.25, 0.3) is 0 Å². The fraction of sp³-hybridized carbons (Fsp3) is 0.222. The first-order valence-electron chi connectivity index (χ1n) is 7.20. The number of benzene rings is 2. The summed E-state index contributed by atoms with van der Waals surface area (Å²) in [5, 5.41) is 2.87. The Morgan fingerprint density at radius 3 is 2.43 bits per heavy atom. The largest absolute Gasteiger partial charge is 0.497 e. The fourth-order valence-corrected chi connectivity index (χ4v) is 2.19. The predicted octanol–water partition coefficient (Wildman–Crippen LogP) is 2.73. The highest BCUT2D eigenvalue weighted by atomic mass is 16.5. The molecule has 5 nitrogen and oxygen atoms in total. The molecule has 1 atom stereocenters. The van der Waals surface area contributed by atoms with Crippen LogP contribution in [0.15, 0.2) is 54.6 Å². The summed E-state index contributed by atoms with van der Waals surface area (Å²) in [6.45, 7) is 0. The molecular weight excluding hydrogens is 294 g/mol. The lowest BCUT2D eigenvalue weighted by Crippen LogP contribution is -2.30. The molecule has 2 rings (SSSR count). The first kappa shape index (κ1) is 16.5. The second-order valence-electron chi connectivity index (χ2n) is 4.95. The Bertz CT molecular complexity index is 670. The maximum atomic E-state index is 12.4. The van der Waals surface area contributed by atoms with Gasteiger partial charge in [-0.05, 0) is 23.8 Å². The molecule has 0 unspecified atom stereocenters. The molecule has 0 aliphatic rings. The van der Waals surface area contributed by atoms with Crippen LogP contribution in [0.4, 0.5) is 0 Å². The minimum atomic E-state index is -0.456. The van der Waals surface area contributed by atoms with Gasteiger partial charge in [0.2, 0.25) is 0 Å². The van der Waals surface area contributed by atoms with Crippen LogP contribution in [0.1, 0.15) is 28.4 Å². The molecule has 1 N–H and O–H groups in total. The minimum Gasteiger partial charge on any atom is -0.497 e. The van der Waals surface area contributed by atoms with Gasteiger partial charge in [-0.25, -0.2) is 0 Å². The van der Waals surface area contributed by atoms with Crippen LogP contribution in [0.2, 0.25) is 0 Å². The van der Waals surface area contributed by atoms with E-state index in [-0.39, 0.29) is 18.3 Å². The Labute approximate surface area is 135 Å². The predicted molar refractivity (Wildman–Crippen MR) is 86.3 cm³/mol. The lowest BCUT2D eigenvalue weighted by molar-refractivity contribution is -0.141. The molecule has 5 heteroatoms. The highest BCUT2D eigenvalue weighted by Gasteiger charge is 2.19. The molecule has 0 radical (unpaired) electrons. The minimum absolute atomic E-state index is 0.0657. The molecule has 0 aliphatic carbocycles. The van der Waals surface area contributed by atoms with Gasteiger partial charge < -0.3 is 14.8 Å². The van der Waals surface area contributed by atoms with Crippen molar-refractivity contribution in [3.05, 3.63) is 65.7 Å². The van der Waals surface area contributed by atoms with Crippen molar-refractivity contribution >= 4 is 11.9 Å². The summed E-state index contributed by atoms with van der Waals surface area (Å²) in [4.78, 5) is 24.1. The molecule has 0 fully saturated rings. The number of ether oxygens (including phenoxy) is 2. The Morgan fingerprint density at radius 2 is 1.78 bits per heavy atom. The second-order valence-corrected chi connectivity index (χ2v) is 4.95. The molecule has 2 aromatic carbocycles. The summed E-state index contributed by atoms with van der Waals surface area (Å²) < 4.78 is 9.84. The van der Waals surface area contributed by atoms with Crippen LogP contribution >= 0.6 is 0 Å². The average molecular weight is 313 g/mol. The van der Waals surface area contributed by atoms with Crippen molar-refractivity contribution in [1.29, 1.82) is 0 Å². The van der Waals surface area contributed by atoms with E-state index in [1.165, 1.54) is 7.11 Å². The van der Waals surface area contributed by atoms with Crippen molar-refractivity contribution in [2.45, 2.75) is 12.5 Å². The van der Waals surface area contributed by atoms with E-state index in [9.17, 15) is 9.59 Å². The van der Waals surface area contributed by atoms with Crippen molar-refractivity contribution in [2.24, 2.45) is 0 Å². The third-order valence-corrected chi connectivity index (χ3v) is 3.44. The number of methoxy groups -OCH3 is 2. The first-order valence-corrected chi connectivity index (χ1v) is 7.20. The van der Waals surface area contributed by atoms with Gasteiger partial charge in [0, 0.05) is 5.56 Å². The first-order chi connectivity index (χ1) is 11.1. The number of rotatable bonds is 6. The van der Waals surface area contributed by atoms with E-state index in [1.807, 2.05) is 30.3 Å². The number of nitrogens with one attached hydrogen (secondary N) is 1. The Kier molecular flexibility index (Phi) is 5.74. The number of hydrogen-bond acceptors (Lipinski definition) is 4. The number of amides is 1. The van der Waals surface area contributed by atoms with Crippen molar-refractivity contribution in [2.75, 3.05) is 14.2 Å². The van der Waals surface area contributed by atoms with Crippen molar-refractivity contribution in [3.8, 4) is 5.75 Å². The van der Waals surface area contributed by atoms with E-state index in [2.05, 4.69) is 5.32 Å². The van der Waals surface area contributed by atoms with Gasteiger partial charge in [-0.2, -0.15) is 0 Å². The van der Waals surface area contributed by atoms with Gasteiger partial charge in [0.15, 0.2) is 0 Å². The van der Waals surface area contributed by atoms with Crippen LogP contribution in [0.5, 0.6) is 5.75 Å². The Morgan fingerprint density at radius 1 is 1.04 bits per heavy atom. The third kappa shape index (κ3) is 4.57. The molecule has 0 saturated carbocycles. The Balaban J connectivity index is 2.19. The summed E-state index contributed by atoms with van der Waals surface area (Å²) in [7, 11) is 2.87. The average Bonchev–Trinajstić information content (AvgIpc) is 2.61. The van der Waals surface area contributed by atoms with Crippen LogP contribution in [0.3, 0.4) is 0 Å². The number of carbonyl (C=O) groups is 2. The lowest BCUT2D eigenvalue weighted by Gasteiger charge is -2.18. The van der Waals surface area contributed by atoms with E-state index < -0.39 is 6.04 Å². The third-order valence-electron chi connectivity index (χ3n) is 3.44. The topological polar surface area (TPSA) is 64.6 Å². The molecule has 23 heavy (non-hydrogen) atoms. The smallest absolute Gasteiger partial charge is 0.307 e. The highest BCUT2D eigenvalue weighted by Crippen LogP contribution is 2.19. The molecule has 2 aromatic rings. The van der Waals surface area contributed by atoms with Crippen molar-refractivity contribution in [3.63, 3.8) is 0 Å². The standard InChI is InChI=1S/C18H19NO4/c1-22-15-10-6-9-14(11-15)18(21)19-16(12-17(20)23-2)13-7-4-3-5-8-13/h3-11,16H,12H2,1-2H3,(H,19,21)/t16-/m1/s1. The van der Waals surface area contributed by atoms with Gasteiger partial charge in [-0.3, -0.25) is 9.59 Å². The zero-order valence-corrected chi connectivity index (χ0v) is 13.1. The molecule has 0 spiro atoms. The monoisotopic (exact) mass is 313 g/mol. The highest BCUT2D eigenvalue weighted by molar-refractivity contribution is 5.95. The summed E-state index contributed by atoms with van der Waals surface area (Å²) >= 11 is 0. The normalized spacial score (nSPS) is 11.4. The second kappa shape index (κ2) is 7.98. The fourth-order valence-electron chi connectivity index (χ4n) is 2.19. The van der Waals surface area contributed by atoms with Gasteiger partial charge in [0.05, 0.1) is 26.7 Å². The van der Waals surface area contributed by atoms with Gasteiger partial charge in [-0.15, -0.1) is 0 Å². The Hall–Kier alpha value is -2.82. The number of esters is 1. The summed E-state index contributed by atoms with van der Waals surface area (Å²) in [5.41, 5.74) is 1.31. The molecule has 1 amide bonds. The lowest BCUT2D eigenvalue weighted by atomic mass is 10.0. The van der Waals surface area contributed by atoms with E-state index >= 15 is 0 Å². The van der Waals surface area contributed by atoms with E-state index in [0.717, 1.165) is 5.56 Å². The van der Waals surface area contributed by atoms with Crippen LogP contribution in [0, 0.1) is 0 Å². The molecule has 0 aromatic heterocycles. The van der Waals surface area contributed by atoms with E-state index in [0.29, 0.717) is 11.3 Å². The van der Waals surface area contributed by atoms with Crippen LogP contribution < -0.4 is 10.1 Å². The van der Waals surface area contributed by atoms with Gasteiger partial charge in [0.25, 0.3) is 5.91 Å².